The zero-order chi connectivity index (χ0) is 16.7. The van der Waals surface area contributed by atoms with Crippen LogP contribution in [0.15, 0.2) is 10.7 Å². The minimum Gasteiger partial charge on any atom is -0.376 e. The highest BCUT2D eigenvalue weighted by molar-refractivity contribution is 5.95. The molecule has 130 valence electrons. The van der Waals surface area contributed by atoms with Crippen molar-refractivity contribution in [3.63, 3.8) is 0 Å². The summed E-state index contributed by atoms with van der Waals surface area (Å²) >= 11 is 0. The van der Waals surface area contributed by atoms with Crippen LogP contribution in [-0.2, 0) is 16.0 Å². The van der Waals surface area contributed by atoms with Gasteiger partial charge in [0.1, 0.15) is 11.3 Å². The Bertz CT molecular complexity index is 644. The molecule has 3 atom stereocenters. The van der Waals surface area contributed by atoms with Gasteiger partial charge in [-0.3, -0.25) is 9.59 Å². The Morgan fingerprint density at radius 1 is 1.42 bits per heavy atom. The van der Waals surface area contributed by atoms with E-state index in [1.54, 1.807) is 0 Å². The van der Waals surface area contributed by atoms with Crippen LogP contribution in [0.5, 0.6) is 0 Å². The van der Waals surface area contributed by atoms with Gasteiger partial charge in [0, 0.05) is 50.9 Å². The number of carbonyl (C=O) groups excluding carboxylic acids is 2. The minimum absolute atomic E-state index is 0.0258. The second kappa shape index (κ2) is 6.20. The molecule has 0 saturated carbocycles. The topological polar surface area (TPSA) is 75.9 Å². The standard InChI is InChI=1S/C17H23N3O4/c1-2-14-12(6-18-24-14)17(22)20-8-13-11(10-23-15(13)9-20)7-19-5-3-4-16(19)21/h6,11,13,15H,2-5,7-10H2,1H3/t11-,13-,15-/m1/s1. The fraction of sp³-hybridized carbons (Fsp3) is 0.706. The first-order chi connectivity index (χ1) is 11.7. The van der Waals surface area contributed by atoms with E-state index in [9.17, 15) is 9.59 Å². The normalized spacial score (nSPS) is 29.5. The molecule has 0 spiro atoms. The van der Waals surface area contributed by atoms with Gasteiger partial charge >= 0.3 is 0 Å². The van der Waals surface area contributed by atoms with Crippen LogP contribution in [0.4, 0.5) is 0 Å². The van der Waals surface area contributed by atoms with Gasteiger partial charge in [-0.25, -0.2) is 0 Å². The Morgan fingerprint density at radius 2 is 2.29 bits per heavy atom. The molecule has 3 saturated heterocycles. The number of nitrogens with zero attached hydrogens (tertiary/aromatic N) is 3. The van der Waals surface area contributed by atoms with E-state index in [4.69, 9.17) is 9.26 Å². The van der Waals surface area contributed by atoms with Crippen molar-refractivity contribution in [1.29, 1.82) is 0 Å². The summed E-state index contributed by atoms with van der Waals surface area (Å²) in [7, 11) is 0. The molecule has 0 aliphatic carbocycles. The molecule has 4 heterocycles. The summed E-state index contributed by atoms with van der Waals surface area (Å²) in [5.74, 6) is 1.50. The highest BCUT2D eigenvalue weighted by atomic mass is 16.5. The van der Waals surface area contributed by atoms with Gasteiger partial charge in [-0.15, -0.1) is 0 Å². The van der Waals surface area contributed by atoms with Crippen molar-refractivity contribution >= 4 is 11.8 Å². The lowest BCUT2D eigenvalue weighted by molar-refractivity contribution is -0.128. The molecule has 0 aromatic carbocycles. The Morgan fingerprint density at radius 3 is 3.04 bits per heavy atom. The second-order valence-electron chi connectivity index (χ2n) is 6.97. The Balaban J connectivity index is 1.42. The number of carbonyl (C=O) groups is 2. The lowest BCUT2D eigenvalue weighted by Crippen LogP contribution is -2.36. The van der Waals surface area contributed by atoms with Crippen LogP contribution in [0.25, 0.3) is 0 Å². The second-order valence-corrected chi connectivity index (χ2v) is 6.97. The Kier molecular flexibility index (Phi) is 4.04. The van der Waals surface area contributed by atoms with Gasteiger partial charge in [0.05, 0.1) is 18.9 Å². The van der Waals surface area contributed by atoms with E-state index in [0.717, 1.165) is 19.5 Å². The molecule has 24 heavy (non-hydrogen) atoms. The SMILES string of the molecule is CCc1oncc1C(=O)N1C[C@@H]2[C@H](CN3CCCC3=O)CO[C@@H]2C1. The molecule has 2 amide bonds. The summed E-state index contributed by atoms with van der Waals surface area (Å²) in [5, 5.41) is 3.75. The first kappa shape index (κ1) is 15.6. The van der Waals surface area contributed by atoms with E-state index in [1.165, 1.54) is 6.20 Å². The molecule has 3 aliphatic rings. The molecule has 1 aromatic rings. The third-order valence-electron chi connectivity index (χ3n) is 5.55. The average molecular weight is 333 g/mol. The molecular weight excluding hydrogens is 310 g/mol. The summed E-state index contributed by atoms with van der Waals surface area (Å²) in [5.41, 5.74) is 0.559. The molecule has 7 nitrogen and oxygen atoms in total. The Labute approximate surface area is 140 Å². The molecule has 0 bridgehead atoms. The minimum atomic E-state index is -0.0258. The first-order valence-electron chi connectivity index (χ1n) is 8.79. The number of rotatable bonds is 4. The summed E-state index contributed by atoms with van der Waals surface area (Å²) in [6.07, 6.45) is 3.87. The molecular formula is C17H23N3O4. The maximum atomic E-state index is 12.7. The predicted molar refractivity (Wildman–Crippen MR) is 84.3 cm³/mol. The molecule has 3 fully saturated rings. The van der Waals surface area contributed by atoms with E-state index >= 15 is 0 Å². The number of hydrogen-bond acceptors (Lipinski definition) is 5. The van der Waals surface area contributed by atoms with Gasteiger partial charge in [-0.05, 0) is 6.42 Å². The van der Waals surface area contributed by atoms with E-state index in [-0.39, 0.29) is 17.9 Å². The molecule has 0 N–H and O–H groups in total. The zero-order valence-corrected chi connectivity index (χ0v) is 13.9. The van der Waals surface area contributed by atoms with Gasteiger partial charge in [0.25, 0.3) is 5.91 Å². The molecule has 7 heteroatoms. The van der Waals surface area contributed by atoms with Gasteiger partial charge in [-0.1, -0.05) is 12.1 Å². The van der Waals surface area contributed by atoms with Crippen LogP contribution in [0.1, 0.15) is 35.9 Å². The molecule has 4 rings (SSSR count). The lowest BCUT2D eigenvalue weighted by atomic mass is 9.93. The summed E-state index contributed by atoms with van der Waals surface area (Å²) in [6, 6.07) is 0. The lowest BCUT2D eigenvalue weighted by Gasteiger charge is -2.24. The first-order valence-corrected chi connectivity index (χ1v) is 8.79. The largest absolute Gasteiger partial charge is 0.376 e. The van der Waals surface area contributed by atoms with Crippen molar-refractivity contribution in [2.24, 2.45) is 11.8 Å². The number of amides is 2. The van der Waals surface area contributed by atoms with Gasteiger partial charge in [-0.2, -0.15) is 0 Å². The van der Waals surface area contributed by atoms with Gasteiger partial charge in [0.15, 0.2) is 0 Å². The fourth-order valence-electron chi connectivity index (χ4n) is 4.20. The van der Waals surface area contributed by atoms with Gasteiger partial charge < -0.3 is 19.1 Å². The quantitative estimate of drug-likeness (QED) is 0.820. The highest BCUT2D eigenvalue weighted by Crippen LogP contribution is 2.35. The number of ether oxygens (including phenoxy) is 1. The molecule has 0 unspecified atom stereocenters. The average Bonchev–Trinajstić information content (AvgIpc) is 3.33. The van der Waals surface area contributed by atoms with Crippen molar-refractivity contribution < 1.29 is 18.8 Å². The van der Waals surface area contributed by atoms with E-state index in [2.05, 4.69) is 5.16 Å². The van der Waals surface area contributed by atoms with Crippen LogP contribution in [0.2, 0.25) is 0 Å². The highest BCUT2D eigenvalue weighted by Gasteiger charge is 2.46. The Hall–Kier alpha value is -1.89. The fourth-order valence-corrected chi connectivity index (χ4v) is 4.20. The van der Waals surface area contributed by atoms with E-state index < -0.39 is 0 Å². The smallest absolute Gasteiger partial charge is 0.259 e. The van der Waals surface area contributed by atoms with E-state index in [0.29, 0.717) is 55.7 Å². The van der Waals surface area contributed by atoms with Crippen LogP contribution in [0, 0.1) is 11.8 Å². The van der Waals surface area contributed by atoms with Crippen LogP contribution >= 0.6 is 0 Å². The molecule has 3 aliphatic heterocycles. The summed E-state index contributed by atoms with van der Waals surface area (Å²) in [6.45, 7) is 5.55. The number of aryl methyl sites for hydroxylation is 1. The summed E-state index contributed by atoms with van der Waals surface area (Å²) in [4.78, 5) is 28.4. The summed E-state index contributed by atoms with van der Waals surface area (Å²) < 4.78 is 11.1. The third-order valence-corrected chi connectivity index (χ3v) is 5.55. The van der Waals surface area contributed by atoms with E-state index in [1.807, 2.05) is 16.7 Å². The van der Waals surface area contributed by atoms with Crippen molar-refractivity contribution in [2.75, 3.05) is 32.8 Å². The van der Waals surface area contributed by atoms with Crippen LogP contribution < -0.4 is 0 Å². The number of aromatic nitrogens is 1. The van der Waals surface area contributed by atoms with Crippen LogP contribution in [-0.4, -0.2) is 65.7 Å². The van der Waals surface area contributed by atoms with Crippen LogP contribution in [0.3, 0.4) is 0 Å². The molecule has 0 radical (unpaired) electrons. The maximum Gasteiger partial charge on any atom is 0.259 e. The maximum absolute atomic E-state index is 12.7. The number of likely N-dealkylation sites (tertiary alicyclic amines) is 2. The predicted octanol–water partition coefficient (Wildman–Crippen LogP) is 0.946. The molecule has 1 aromatic heterocycles. The number of fused-ring (bicyclic) bond motifs is 1. The van der Waals surface area contributed by atoms with Crippen molar-refractivity contribution in [3.05, 3.63) is 17.5 Å². The monoisotopic (exact) mass is 333 g/mol. The van der Waals surface area contributed by atoms with Crippen molar-refractivity contribution in [2.45, 2.75) is 32.3 Å². The third kappa shape index (κ3) is 2.60. The zero-order valence-electron chi connectivity index (χ0n) is 13.9. The van der Waals surface area contributed by atoms with Crippen molar-refractivity contribution in [1.82, 2.24) is 15.0 Å². The number of hydrogen-bond donors (Lipinski definition) is 0. The van der Waals surface area contributed by atoms with Crippen molar-refractivity contribution in [3.8, 4) is 0 Å². The van der Waals surface area contributed by atoms with Gasteiger partial charge in [0.2, 0.25) is 5.91 Å².